The molecule has 5 rings (SSSR count). The normalized spacial score (nSPS) is 12.7. The van der Waals surface area contributed by atoms with Crippen LogP contribution in [0.4, 0.5) is 0 Å². The van der Waals surface area contributed by atoms with Gasteiger partial charge in [0.25, 0.3) is 0 Å². The summed E-state index contributed by atoms with van der Waals surface area (Å²) in [5.74, 6) is 0. The molecule has 0 bridgehead atoms. The van der Waals surface area contributed by atoms with Gasteiger partial charge in [0.1, 0.15) is 11.2 Å². The van der Waals surface area contributed by atoms with Crippen molar-refractivity contribution in [3.05, 3.63) is 78.9 Å². The molecular formula is C28H26BO3. The zero-order chi connectivity index (χ0) is 22.5. The highest BCUT2D eigenvalue weighted by molar-refractivity contribution is 6.47. The van der Waals surface area contributed by atoms with Gasteiger partial charge in [-0.15, -0.1) is 0 Å². The molecule has 0 fully saturated rings. The molecule has 1 radical (unpaired) electrons. The van der Waals surface area contributed by atoms with Crippen LogP contribution in [0.3, 0.4) is 0 Å². The van der Waals surface area contributed by atoms with Gasteiger partial charge in [-0.2, -0.15) is 0 Å². The molecule has 0 saturated carbocycles. The van der Waals surface area contributed by atoms with Crippen LogP contribution >= 0.6 is 0 Å². The smallest absolute Gasteiger partial charge is 0.330 e. The molecule has 5 aromatic rings. The average molecular weight is 421 g/mol. The molecule has 0 amide bonds. The molecule has 4 aromatic carbocycles. The largest absolute Gasteiger partial charge is 0.456 e. The van der Waals surface area contributed by atoms with Gasteiger partial charge in [-0.05, 0) is 67.8 Å². The van der Waals surface area contributed by atoms with Gasteiger partial charge in [0.2, 0.25) is 0 Å². The van der Waals surface area contributed by atoms with Crippen LogP contribution in [0, 0.1) is 0 Å². The summed E-state index contributed by atoms with van der Waals surface area (Å²) >= 11 is 0. The summed E-state index contributed by atoms with van der Waals surface area (Å²) < 4.78 is 12.1. The van der Waals surface area contributed by atoms with Crippen molar-refractivity contribution in [3.63, 3.8) is 0 Å². The maximum Gasteiger partial charge on any atom is 0.330 e. The molecule has 4 heteroatoms. The maximum atomic E-state index is 10.3. The van der Waals surface area contributed by atoms with Crippen molar-refractivity contribution < 1.29 is 14.2 Å². The summed E-state index contributed by atoms with van der Waals surface area (Å²) in [6, 6.07) is 27.2. The summed E-state index contributed by atoms with van der Waals surface area (Å²) in [4.78, 5) is 0. The molecule has 0 spiro atoms. The third-order valence-corrected chi connectivity index (χ3v) is 6.55. The Hall–Kier alpha value is -3.08. The lowest BCUT2D eigenvalue weighted by Gasteiger charge is -2.37. The second-order valence-electron chi connectivity index (χ2n) is 9.40. The Kier molecular flexibility index (Phi) is 4.88. The van der Waals surface area contributed by atoms with Gasteiger partial charge in [0.15, 0.2) is 0 Å². The Morgan fingerprint density at radius 2 is 1.47 bits per heavy atom. The van der Waals surface area contributed by atoms with E-state index in [0.717, 1.165) is 38.5 Å². The minimum Gasteiger partial charge on any atom is -0.456 e. The van der Waals surface area contributed by atoms with Crippen molar-refractivity contribution >= 4 is 45.7 Å². The summed E-state index contributed by atoms with van der Waals surface area (Å²) in [7, 11) is 1.71. The van der Waals surface area contributed by atoms with Gasteiger partial charge in [-0.1, -0.05) is 66.1 Å². The van der Waals surface area contributed by atoms with Crippen molar-refractivity contribution in [2.24, 2.45) is 0 Å². The standard InChI is InChI=1S/C28H26BO3/c1-27(2,30)28(3,4)32-29-21-14-12-18(13-15-21)22-10-7-11-24-26(22)23-16-19-8-5-6-9-20(19)17-25(23)31-24/h5-17,30H,1-4H3. The number of furan rings is 1. The van der Waals surface area contributed by atoms with Gasteiger partial charge in [-0.25, -0.2) is 0 Å². The number of benzene rings is 4. The first-order chi connectivity index (χ1) is 15.2. The van der Waals surface area contributed by atoms with E-state index in [2.05, 4.69) is 48.5 Å². The molecule has 0 saturated heterocycles. The van der Waals surface area contributed by atoms with Crippen molar-refractivity contribution in [2.75, 3.05) is 0 Å². The second-order valence-corrected chi connectivity index (χ2v) is 9.40. The Balaban J connectivity index is 1.52. The van der Waals surface area contributed by atoms with Gasteiger partial charge < -0.3 is 14.2 Å². The highest BCUT2D eigenvalue weighted by Gasteiger charge is 2.35. The first kappa shape index (κ1) is 20.8. The van der Waals surface area contributed by atoms with Crippen LogP contribution in [0.5, 0.6) is 0 Å². The van der Waals surface area contributed by atoms with E-state index in [1.165, 1.54) is 10.8 Å². The number of hydrogen-bond acceptors (Lipinski definition) is 3. The first-order valence-electron chi connectivity index (χ1n) is 10.9. The van der Waals surface area contributed by atoms with Crippen LogP contribution in [-0.2, 0) is 4.65 Å². The maximum absolute atomic E-state index is 10.3. The fourth-order valence-corrected chi connectivity index (χ4v) is 3.85. The molecule has 0 atom stereocenters. The van der Waals surface area contributed by atoms with Gasteiger partial charge in [-0.3, -0.25) is 0 Å². The fraction of sp³-hybridized carbons (Fsp3) is 0.214. The summed E-state index contributed by atoms with van der Waals surface area (Å²) in [5.41, 5.74) is 3.34. The Morgan fingerprint density at radius 3 is 2.16 bits per heavy atom. The van der Waals surface area contributed by atoms with Gasteiger partial charge in [0.05, 0.1) is 11.2 Å². The van der Waals surface area contributed by atoms with E-state index in [4.69, 9.17) is 9.07 Å². The monoisotopic (exact) mass is 421 g/mol. The molecule has 1 aromatic heterocycles. The van der Waals surface area contributed by atoms with E-state index in [-0.39, 0.29) is 0 Å². The molecule has 0 aliphatic heterocycles. The lowest BCUT2D eigenvalue weighted by atomic mass is 9.82. The minimum atomic E-state index is -0.953. The number of aliphatic hydroxyl groups is 1. The van der Waals surface area contributed by atoms with Crippen LogP contribution in [0.25, 0.3) is 43.8 Å². The van der Waals surface area contributed by atoms with Crippen LogP contribution in [0.2, 0.25) is 0 Å². The molecular weight excluding hydrogens is 395 g/mol. The van der Waals surface area contributed by atoms with Crippen LogP contribution in [0.1, 0.15) is 27.7 Å². The molecule has 0 aliphatic carbocycles. The molecule has 0 unspecified atom stereocenters. The molecule has 159 valence electrons. The van der Waals surface area contributed by atoms with Gasteiger partial charge in [0, 0.05) is 10.8 Å². The minimum absolute atomic E-state index is 0.699. The number of rotatable bonds is 5. The molecule has 3 nitrogen and oxygen atoms in total. The lowest BCUT2D eigenvalue weighted by Crippen LogP contribution is -2.49. The van der Waals surface area contributed by atoms with E-state index in [0.29, 0.717) is 0 Å². The molecule has 0 aliphatic rings. The van der Waals surface area contributed by atoms with Gasteiger partial charge >= 0.3 is 7.48 Å². The summed E-state index contributed by atoms with van der Waals surface area (Å²) in [6.45, 7) is 7.27. The first-order valence-corrected chi connectivity index (χ1v) is 10.9. The average Bonchev–Trinajstić information content (AvgIpc) is 3.13. The van der Waals surface area contributed by atoms with E-state index < -0.39 is 11.2 Å². The Labute approximate surface area is 188 Å². The highest BCUT2D eigenvalue weighted by Crippen LogP contribution is 2.38. The van der Waals surface area contributed by atoms with E-state index in [9.17, 15) is 5.11 Å². The Bertz CT molecular complexity index is 1420. The zero-order valence-corrected chi connectivity index (χ0v) is 18.8. The van der Waals surface area contributed by atoms with Crippen LogP contribution in [-0.4, -0.2) is 23.8 Å². The van der Waals surface area contributed by atoms with E-state index >= 15 is 0 Å². The van der Waals surface area contributed by atoms with Crippen molar-refractivity contribution in [1.29, 1.82) is 0 Å². The molecule has 1 N–H and O–H groups in total. The van der Waals surface area contributed by atoms with Crippen molar-refractivity contribution in [2.45, 2.75) is 38.9 Å². The summed E-state index contributed by atoms with van der Waals surface area (Å²) in [5, 5.41) is 14.9. The molecule has 1 heterocycles. The van der Waals surface area contributed by atoms with Crippen LogP contribution < -0.4 is 5.46 Å². The third kappa shape index (κ3) is 3.60. The number of hydrogen-bond donors (Lipinski definition) is 1. The zero-order valence-electron chi connectivity index (χ0n) is 18.8. The quantitative estimate of drug-likeness (QED) is 0.343. The third-order valence-electron chi connectivity index (χ3n) is 6.55. The van der Waals surface area contributed by atoms with Crippen molar-refractivity contribution in [1.82, 2.24) is 0 Å². The summed E-state index contributed by atoms with van der Waals surface area (Å²) in [6.07, 6.45) is 0. The van der Waals surface area contributed by atoms with Crippen LogP contribution in [0.15, 0.2) is 83.3 Å². The lowest BCUT2D eigenvalue weighted by molar-refractivity contribution is -0.0893. The highest BCUT2D eigenvalue weighted by atomic mass is 16.5. The molecule has 32 heavy (non-hydrogen) atoms. The van der Waals surface area contributed by atoms with E-state index in [1.54, 1.807) is 21.3 Å². The van der Waals surface area contributed by atoms with E-state index in [1.807, 2.05) is 44.2 Å². The topological polar surface area (TPSA) is 42.6 Å². The number of fused-ring (bicyclic) bond motifs is 4. The fourth-order valence-electron chi connectivity index (χ4n) is 3.85. The SMILES string of the molecule is CC(C)(O)C(C)(C)O[B]c1ccc(-c2cccc3oc4cc5ccccc5cc4c23)cc1. The second kappa shape index (κ2) is 7.51. The predicted molar refractivity (Wildman–Crippen MR) is 134 cm³/mol. The Morgan fingerprint density at radius 1 is 0.781 bits per heavy atom. The van der Waals surface area contributed by atoms with Crippen molar-refractivity contribution in [3.8, 4) is 11.1 Å². The predicted octanol–water partition coefficient (Wildman–Crippen LogP) is 6.22.